The molecule has 0 spiro atoms. The average molecular weight is 360 g/mol. The molecule has 1 heterocycles. The maximum Gasteiger partial charge on any atom is 0.291 e. The quantitative estimate of drug-likeness (QED) is 0.518. The number of benzene rings is 1. The van der Waals surface area contributed by atoms with Crippen molar-refractivity contribution in [2.45, 2.75) is 6.10 Å². The second-order valence-electron chi connectivity index (χ2n) is 5.70. The molecule has 0 bridgehead atoms. The standard InChI is InChI=1S/C15H22ClN3O5/c16-14-2-1-13(9-15(14)19(22)23)24-11-12(21)10-18-5-3-17(4-6-18)7-8-20/h1-2,9,12,20-21H,3-8,10-11H2. The monoisotopic (exact) mass is 359 g/mol. The number of hydrogen-bond acceptors (Lipinski definition) is 7. The van der Waals surface area contributed by atoms with Crippen LogP contribution in [-0.2, 0) is 0 Å². The van der Waals surface area contributed by atoms with E-state index in [-0.39, 0.29) is 23.9 Å². The van der Waals surface area contributed by atoms with Crippen LogP contribution in [0.2, 0.25) is 5.02 Å². The van der Waals surface area contributed by atoms with E-state index in [1.54, 1.807) is 0 Å². The first-order chi connectivity index (χ1) is 11.5. The van der Waals surface area contributed by atoms with Gasteiger partial charge in [0.25, 0.3) is 5.69 Å². The van der Waals surface area contributed by atoms with Crippen molar-refractivity contribution in [3.8, 4) is 5.75 Å². The summed E-state index contributed by atoms with van der Waals surface area (Å²) in [5.41, 5.74) is -0.219. The lowest BCUT2D eigenvalue weighted by Gasteiger charge is -2.35. The van der Waals surface area contributed by atoms with E-state index in [9.17, 15) is 15.2 Å². The van der Waals surface area contributed by atoms with Crippen LogP contribution < -0.4 is 4.74 Å². The number of rotatable bonds is 8. The largest absolute Gasteiger partial charge is 0.491 e. The van der Waals surface area contributed by atoms with Crippen LogP contribution in [0.15, 0.2) is 18.2 Å². The lowest BCUT2D eigenvalue weighted by Crippen LogP contribution is -2.49. The van der Waals surface area contributed by atoms with Gasteiger partial charge in [0.1, 0.15) is 23.5 Å². The third-order valence-electron chi connectivity index (χ3n) is 3.91. The van der Waals surface area contributed by atoms with Gasteiger partial charge in [-0.1, -0.05) is 11.6 Å². The molecule has 0 amide bonds. The molecule has 1 aromatic rings. The van der Waals surface area contributed by atoms with Crippen molar-refractivity contribution in [3.63, 3.8) is 0 Å². The number of piperazine rings is 1. The highest BCUT2D eigenvalue weighted by Crippen LogP contribution is 2.28. The van der Waals surface area contributed by atoms with Crippen LogP contribution in [0.4, 0.5) is 5.69 Å². The van der Waals surface area contributed by atoms with Crippen LogP contribution >= 0.6 is 11.6 Å². The van der Waals surface area contributed by atoms with Crippen molar-refractivity contribution in [1.82, 2.24) is 9.80 Å². The van der Waals surface area contributed by atoms with Gasteiger partial charge >= 0.3 is 0 Å². The molecule has 9 heteroatoms. The number of hydrogen-bond donors (Lipinski definition) is 2. The molecule has 8 nitrogen and oxygen atoms in total. The van der Waals surface area contributed by atoms with Crippen LogP contribution in [0.1, 0.15) is 0 Å². The molecule has 2 N–H and O–H groups in total. The lowest BCUT2D eigenvalue weighted by molar-refractivity contribution is -0.384. The third kappa shape index (κ3) is 5.57. The summed E-state index contributed by atoms with van der Waals surface area (Å²) in [6.07, 6.45) is -0.691. The van der Waals surface area contributed by atoms with Gasteiger partial charge in [-0.3, -0.25) is 19.9 Å². The van der Waals surface area contributed by atoms with E-state index in [2.05, 4.69) is 9.80 Å². The first-order valence-electron chi connectivity index (χ1n) is 7.80. The number of aliphatic hydroxyl groups excluding tert-OH is 2. The number of halogens is 1. The predicted octanol–water partition coefficient (Wildman–Crippen LogP) is 0.598. The first kappa shape index (κ1) is 18.9. The Balaban J connectivity index is 1.76. The Kier molecular flexibility index (Phi) is 7.19. The van der Waals surface area contributed by atoms with E-state index in [0.717, 1.165) is 26.2 Å². The highest BCUT2D eigenvalue weighted by molar-refractivity contribution is 6.32. The lowest BCUT2D eigenvalue weighted by atomic mass is 10.2. The molecule has 1 saturated heterocycles. The molecule has 0 aliphatic carbocycles. The molecule has 134 valence electrons. The van der Waals surface area contributed by atoms with E-state index in [4.69, 9.17) is 21.4 Å². The molecule has 0 saturated carbocycles. The van der Waals surface area contributed by atoms with E-state index in [1.807, 2.05) is 0 Å². The van der Waals surface area contributed by atoms with E-state index in [1.165, 1.54) is 18.2 Å². The zero-order valence-electron chi connectivity index (χ0n) is 13.3. The molecule has 2 rings (SSSR count). The highest BCUT2D eigenvalue weighted by Gasteiger charge is 2.19. The van der Waals surface area contributed by atoms with Gasteiger partial charge in [-0.05, 0) is 12.1 Å². The molecule has 1 fully saturated rings. The van der Waals surface area contributed by atoms with Gasteiger partial charge in [0.05, 0.1) is 17.6 Å². The summed E-state index contributed by atoms with van der Waals surface area (Å²) < 4.78 is 5.43. The molecule has 1 aliphatic heterocycles. The highest BCUT2D eigenvalue weighted by atomic mass is 35.5. The number of β-amino-alcohol motifs (C(OH)–C–C–N with tert-alkyl or cyclic N) is 2. The van der Waals surface area contributed by atoms with E-state index < -0.39 is 11.0 Å². The van der Waals surface area contributed by atoms with Crippen molar-refractivity contribution >= 4 is 17.3 Å². The Labute approximate surface area is 145 Å². The maximum atomic E-state index is 10.8. The average Bonchev–Trinajstić information content (AvgIpc) is 2.56. The minimum Gasteiger partial charge on any atom is -0.491 e. The minimum absolute atomic E-state index is 0.0497. The van der Waals surface area contributed by atoms with Gasteiger partial charge in [-0.15, -0.1) is 0 Å². The normalized spacial score (nSPS) is 17.6. The van der Waals surface area contributed by atoms with Gasteiger partial charge in [0.15, 0.2) is 0 Å². The molecule has 1 aliphatic rings. The van der Waals surface area contributed by atoms with Gasteiger partial charge < -0.3 is 14.9 Å². The van der Waals surface area contributed by atoms with Crippen molar-refractivity contribution in [3.05, 3.63) is 33.3 Å². The molecule has 1 atom stereocenters. The SMILES string of the molecule is O=[N+]([O-])c1cc(OCC(O)CN2CCN(CCO)CC2)ccc1Cl. The Morgan fingerprint density at radius 1 is 1.29 bits per heavy atom. The van der Waals surface area contributed by atoms with Crippen molar-refractivity contribution < 1.29 is 19.9 Å². The topological polar surface area (TPSA) is 99.3 Å². The third-order valence-corrected chi connectivity index (χ3v) is 4.23. The molecule has 24 heavy (non-hydrogen) atoms. The summed E-state index contributed by atoms with van der Waals surface area (Å²) in [7, 11) is 0. The van der Waals surface area contributed by atoms with Gasteiger partial charge in [0.2, 0.25) is 0 Å². The van der Waals surface area contributed by atoms with Crippen LogP contribution in [0.5, 0.6) is 5.75 Å². The molecular formula is C15H22ClN3O5. The second-order valence-corrected chi connectivity index (χ2v) is 6.11. The van der Waals surface area contributed by atoms with Crippen LogP contribution in [0.3, 0.4) is 0 Å². The van der Waals surface area contributed by atoms with Gasteiger partial charge in [0, 0.05) is 39.3 Å². The Morgan fingerprint density at radius 3 is 2.58 bits per heavy atom. The van der Waals surface area contributed by atoms with E-state index in [0.29, 0.717) is 18.8 Å². The Bertz CT molecular complexity index is 552. The maximum absolute atomic E-state index is 10.8. The zero-order valence-corrected chi connectivity index (χ0v) is 14.1. The second kappa shape index (κ2) is 9.14. The fourth-order valence-electron chi connectivity index (χ4n) is 2.60. The summed E-state index contributed by atoms with van der Waals surface area (Å²) in [5.74, 6) is 0.304. The fourth-order valence-corrected chi connectivity index (χ4v) is 2.79. The molecule has 0 radical (unpaired) electrons. The van der Waals surface area contributed by atoms with Crippen molar-refractivity contribution in [1.29, 1.82) is 0 Å². The summed E-state index contributed by atoms with van der Waals surface area (Å²) in [4.78, 5) is 14.6. The van der Waals surface area contributed by atoms with Crippen LogP contribution in [0, 0.1) is 10.1 Å². The van der Waals surface area contributed by atoms with Crippen molar-refractivity contribution in [2.24, 2.45) is 0 Å². The van der Waals surface area contributed by atoms with Gasteiger partial charge in [-0.25, -0.2) is 0 Å². The first-order valence-corrected chi connectivity index (χ1v) is 8.17. The number of aliphatic hydroxyl groups is 2. The number of nitro benzene ring substituents is 1. The van der Waals surface area contributed by atoms with Gasteiger partial charge in [-0.2, -0.15) is 0 Å². The summed E-state index contributed by atoms with van der Waals surface area (Å²) in [6.45, 7) is 4.72. The smallest absolute Gasteiger partial charge is 0.291 e. The van der Waals surface area contributed by atoms with E-state index >= 15 is 0 Å². The van der Waals surface area contributed by atoms with Crippen LogP contribution in [-0.4, -0.2) is 83.5 Å². The molecule has 0 aromatic heterocycles. The zero-order chi connectivity index (χ0) is 17.5. The molecular weight excluding hydrogens is 338 g/mol. The van der Waals surface area contributed by atoms with Crippen molar-refractivity contribution in [2.75, 3.05) is 52.5 Å². The Hall–Kier alpha value is -1.45. The molecule has 1 aromatic carbocycles. The summed E-state index contributed by atoms with van der Waals surface area (Å²) in [6, 6.07) is 4.19. The minimum atomic E-state index is -0.691. The fraction of sp³-hybridized carbons (Fsp3) is 0.600. The molecule has 1 unspecified atom stereocenters. The number of nitro groups is 1. The summed E-state index contributed by atoms with van der Waals surface area (Å²) in [5, 5.41) is 29.9. The number of nitrogens with zero attached hydrogens (tertiary/aromatic N) is 3. The predicted molar refractivity (Wildman–Crippen MR) is 89.6 cm³/mol. The summed E-state index contributed by atoms with van der Waals surface area (Å²) >= 11 is 5.74. The Morgan fingerprint density at radius 2 is 1.96 bits per heavy atom. The van der Waals surface area contributed by atoms with Crippen LogP contribution in [0.25, 0.3) is 0 Å². The number of ether oxygens (including phenoxy) is 1.